The van der Waals surface area contributed by atoms with Gasteiger partial charge in [0.15, 0.2) is 0 Å². The second-order valence-corrected chi connectivity index (χ2v) is 7.37. The van der Waals surface area contributed by atoms with Crippen LogP contribution in [0.25, 0.3) is 0 Å². The van der Waals surface area contributed by atoms with Gasteiger partial charge >= 0.3 is 0 Å². The average molecular weight is 236 g/mol. The number of thioether (sulfide) groups is 1. The lowest BCUT2D eigenvalue weighted by molar-refractivity contribution is 0.600. The van der Waals surface area contributed by atoms with Crippen LogP contribution in [0.3, 0.4) is 0 Å². The number of rotatable bonds is 5. The molecule has 0 fully saturated rings. The second-order valence-electron chi connectivity index (χ2n) is 2.76. The normalized spacial score (nSPS) is 11.8. The highest BCUT2D eigenvalue weighted by Crippen LogP contribution is 2.23. The topological polar surface area (TPSA) is 34.1 Å². The fourth-order valence-electron chi connectivity index (χ4n) is 0.839. The van der Waals surface area contributed by atoms with Crippen LogP contribution < -0.4 is 0 Å². The van der Waals surface area contributed by atoms with Crippen molar-refractivity contribution >= 4 is 32.9 Å². The summed E-state index contributed by atoms with van der Waals surface area (Å²) in [5.41, 5.74) is 0. The van der Waals surface area contributed by atoms with Gasteiger partial charge in [0.05, 0.1) is 9.96 Å². The molecule has 0 bridgehead atoms. The molecular formula is C8H12O2S3. The first kappa shape index (κ1) is 11.1. The van der Waals surface area contributed by atoms with Gasteiger partial charge in [-0.15, -0.1) is 23.1 Å². The fraction of sp³-hybridized carbons (Fsp3) is 0.500. The quantitative estimate of drug-likeness (QED) is 0.581. The zero-order valence-electron chi connectivity index (χ0n) is 7.39. The van der Waals surface area contributed by atoms with Crippen LogP contribution >= 0.6 is 23.1 Å². The molecule has 1 aromatic heterocycles. The molecule has 2 nitrogen and oxygen atoms in total. The Labute approximate surface area is 87.3 Å². The van der Waals surface area contributed by atoms with Gasteiger partial charge in [0.25, 0.3) is 0 Å². The third-order valence-corrected chi connectivity index (χ3v) is 4.65. The van der Waals surface area contributed by atoms with Crippen LogP contribution in [0.5, 0.6) is 0 Å². The van der Waals surface area contributed by atoms with E-state index >= 15 is 0 Å². The predicted octanol–water partition coefficient (Wildman–Crippen LogP) is 2.27. The van der Waals surface area contributed by atoms with Crippen molar-refractivity contribution in [2.45, 2.75) is 10.6 Å². The van der Waals surface area contributed by atoms with E-state index in [2.05, 4.69) is 6.07 Å². The Hall–Kier alpha value is -0.0000000000000000833. The molecule has 0 aliphatic carbocycles. The zero-order chi connectivity index (χ0) is 9.73. The first-order valence-electron chi connectivity index (χ1n) is 3.92. The first-order chi connectivity index (χ1) is 6.08. The molecule has 0 aliphatic heterocycles. The van der Waals surface area contributed by atoms with Crippen molar-refractivity contribution in [2.75, 3.05) is 17.8 Å². The summed E-state index contributed by atoms with van der Waals surface area (Å²) >= 11 is 3.42. The molecule has 74 valence electrons. The van der Waals surface area contributed by atoms with Gasteiger partial charge in [-0.2, -0.15) is 0 Å². The summed E-state index contributed by atoms with van der Waals surface area (Å²) in [5.74, 6) is 1.18. The highest BCUT2D eigenvalue weighted by atomic mass is 32.2. The van der Waals surface area contributed by atoms with Gasteiger partial charge in [-0.25, -0.2) is 8.42 Å². The molecule has 0 radical (unpaired) electrons. The summed E-state index contributed by atoms with van der Waals surface area (Å²) in [7, 11) is -2.78. The van der Waals surface area contributed by atoms with Crippen molar-refractivity contribution in [3.63, 3.8) is 0 Å². The van der Waals surface area contributed by atoms with E-state index in [1.807, 2.05) is 11.4 Å². The summed E-state index contributed by atoms with van der Waals surface area (Å²) in [6.45, 7) is 0. The van der Waals surface area contributed by atoms with Gasteiger partial charge in [-0.3, -0.25) is 0 Å². The van der Waals surface area contributed by atoms with Crippen molar-refractivity contribution in [1.29, 1.82) is 0 Å². The van der Waals surface area contributed by atoms with Crippen LogP contribution in [0, 0.1) is 0 Å². The van der Waals surface area contributed by atoms with E-state index in [9.17, 15) is 8.42 Å². The van der Waals surface area contributed by atoms with Gasteiger partial charge in [-0.05, 0) is 23.6 Å². The average Bonchev–Trinajstić information content (AvgIpc) is 2.48. The maximum absolute atomic E-state index is 10.8. The summed E-state index contributed by atoms with van der Waals surface area (Å²) in [4.78, 5) is 0. The Morgan fingerprint density at radius 2 is 2.31 bits per heavy atom. The molecule has 0 unspecified atom stereocenters. The molecule has 5 heteroatoms. The van der Waals surface area contributed by atoms with Crippen molar-refractivity contribution < 1.29 is 8.42 Å². The molecule has 1 rings (SSSR count). The molecule has 1 heterocycles. The monoisotopic (exact) mass is 236 g/mol. The van der Waals surface area contributed by atoms with Crippen LogP contribution in [-0.2, 0) is 9.84 Å². The highest BCUT2D eigenvalue weighted by Gasteiger charge is 2.01. The lowest BCUT2D eigenvalue weighted by atomic mass is 10.6. The van der Waals surface area contributed by atoms with E-state index in [4.69, 9.17) is 0 Å². The lowest BCUT2D eigenvalue weighted by Gasteiger charge is -1.97. The maximum Gasteiger partial charge on any atom is 0.147 e. The first-order valence-corrected chi connectivity index (χ1v) is 7.84. The largest absolute Gasteiger partial charge is 0.229 e. The maximum atomic E-state index is 10.8. The molecule has 0 atom stereocenters. The minimum atomic E-state index is -2.78. The summed E-state index contributed by atoms with van der Waals surface area (Å²) in [6, 6.07) is 4.05. The van der Waals surface area contributed by atoms with Crippen molar-refractivity contribution in [3.05, 3.63) is 17.5 Å². The molecule has 1 aromatic rings. The van der Waals surface area contributed by atoms with E-state index in [0.29, 0.717) is 5.75 Å². The Morgan fingerprint density at radius 3 is 2.85 bits per heavy atom. The highest BCUT2D eigenvalue weighted by molar-refractivity contribution is 8.01. The minimum Gasteiger partial charge on any atom is -0.229 e. The molecule has 0 saturated heterocycles. The number of thiophene rings is 1. The fourth-order valence-corrected chi connectivity index (χ4v) is 3.49. The summed E-state index contributed by atoms with van der Waals surface area (Å²) < 4.78 is 22.8. The van der Waals surface area contributed by atoms with Crippen LogP contribution in [0.15, 0.2) is 21.7 Å². The van der Waals surface area contributed by atoms with Crippen LogP contribution in [-0.4, -0.2) is 26.2 Å². The number of hydrogen-bond acceptors (Lipinski definition) is 4. The van der Waals surface area contributed by atoms with E-state index in [1.54, 1.807) is 23.1 Å². The zero-order valence-corrected chi connectivity index (χ0v) is 9.84. The van der Waals surface area contributed by atoms with Crippen molar-refractivity contribution in [3.8, 4) is 0 Å². The van der Waals surface area contributed by atoms with Gasteiger partial charge in [-0.1, -0.05) is 6.07 Å². The van der Waals surface area contributed by atoms with Crippen molar-refractivity contribution in [2.24, 2.45) is 0 Å². The molecule has 13 heavy (non-hydrogen) atoms. The van der Waals surface area contributed by atoms with Crippen LogP contribution in [0.1, 0.15) is 6.42 Å². The van der Waals surface area contributed by atoms with Gasteiger partial charge < -0.3 is 0 Å². The third-order valence-electron chi connectivity index (χ3n) is 1.40. The number of sulfone groups is 1. The molecular weight excluding hydrogens is 224 g/mol. The summed E-state index contributed by atoms with van der Waals surface area (Å²) in [5, 5.41) is 2.03. The van der Waals surface area contributed by atoms with E-state index in [-0.39, 0.29) is 0 Å². The predicted molar refractivity (Wildman–Crippen MR) is 59.4 cm³/mol. The Balaban J connectivity index is 2.16. The smallest absolute Gasteiger partial charge is 0.147 e. The molecule has 0 aromatic carbocycles. The third kappa shape index (κ3) is 5.33. The van der Waals surface area contributed by atoms with Gasteiger partial charge in [0, 0.05) is 6.26 Å². The molecule has 0 aliphatic rings. The van der Waals surface area contributed by atoms with Crippen LogP contribution in [0.2, 0.25) is 0 Å². The van der Waals surface area contributed by atoms with E-state index in [0.717, 1.165) is 12.2 Å². The SMILES string of the molecule is CS(=O)(=O)CCCSc1cccs1. The standard InChI is InChI=1S/C8H12O2S3/c1-13(9,10)7-3-6-12-8-4-2-5-11-8/h2,4-5H,3,6-7H2,1H3. The van der Waals surface area contributed by atoms with Gasteiger partial charge in [0.2, 0.25) is 0 Å². The summed E-state index contributed by atoms with van der Waals surface area (Å²) in [6.07, 6.45) is 2.02. The second kappa shape index (κ2) is 5.02. The minimum absolute atomic E-state index is 0.297. The Bertz CT molecular complexity index is 326. The molecule has 0 N–H and O–H groups in total. The van der Waals surface area contributed by atoms with Crippen molar-refractivity contribution in [1.82, 2.24) is 0 Å². The Morgan fingerprint density at radius 1 is 1.54 bits per heavy atom. The Kier molecular flexibility index (Phi) is 4.28. The van der Waals surface area contributed by atoms with Gasteiger partial charge in [0.1, 0.15) is 9.84 Å². The lowest BCUT2D eigenvalue weighted by Crippen LogP contribution is -2.03. The molecule has 0 amide bonds. The van der Waals surface area contributed by atoms with E-state index in [1.165, 1.54) is 10.5 Å². The van der Waals surface area contributed by atoms with Crippen LogP contribution in [0.4, 0.5) is 0 Å². The molecule has 0 saturated carbocycles. The number of hydrogen-bond donors (Lipinski definition) is 0. The van der Waals surface area contributed by atoms with E-state index < -0.39 is 9.84 Å². The molecule has 0 spiro atoms.